The van der Waals surface area contributed by atoms with Crippen molar-refractivity contribution in [3.63, 3.8) is 0 Å². The number of amides is 1. The lowest BCUT2D eigenvalue weighted by Crippen LogP contribution is -2.15. The van der Waals surface area contributed by atoms with Crippen LogP contribution in [0.5, 0.6) is 0 Å². The number of carboxylic acids is 1. The molecule has 0 bridgehead atoms. The normalized spacial score (nSPS) is 12.0. The summed E-state index contributed by atoms with van der Waals surface area (Å²) in [6, 6.07) is 6.92. The molecule has 0 fully saturated rings. The molecule has 6 nitrogen and oxygen atoms in total. The Kier molecular flexibility index (Phi) is 5.39. The van der Waals surface area contributed by atoms with Crippen LogP contribution in [0.2, 0.25) is 0 Å². The smallest absolute Gasteiger partial charge is 0.310 e. The topological polar surface area (TPSA) is 84.2 Å². The van der Waals surface area contributed by atoms with Crippen molar-refractivity contribution in [2.45, 2.75) is 46.6 Å². The molecule has 1 amide bonds. The van der Waals surface area contributed by atoms with Crippen LogP contribution in [0.1, 0.15) is 53.5 Å². The van der Waals surface area contributed by atoms with Crippen LogP contribution in [0.4, 0.5) is 5.69 Å². The number of aliphatic carboxylic acids is 1. The van der Waals surface area contributed by atoms with E-state index in [1.54, 1.807) is 31.2 Å². The fourth-order valence-corrected chi connectivity index (χ4v) is 2.68. The van der Waals surface area contributed by atoms with E-state index in [1.807, 2.05) is 18.5 Å². The van der Waals surface area contributed by atoms with Crippen molar-refractivity contribution < 1.29 is 14.7 Å². The molecule has 1 unspecified atom stereocenters. The van der Waals surface area contributed by atoms with E-state index in [0.717, 1.165) is 18.7 Å². The predicted octanol–water partition coefficient (Wildman–Crippen LogP) is 3.35. The van der Waals surface area contributed by atoms with Gasteiger partial charge in [0.1, 0.15) is 0 Å². The molecule has 1 aromatic heterocycles. The average Bonchev–Trinajstić information content (AvgIpc) is 2.81. The Morgan fingerprint density at radius 1 is 1.33 bits per heavy atom. The maximum atomic E-state index is 12.6. The van der Waals surface area contributed by atoms with Gasteiger partial charge in [-0.05, 0) is 44.9 Å². The van der Waals surface area contributed by atoms with Crippen LogP contribution in [0.25, 0.3) is 0 Å². The number of nitrogens with one attached hydrogen (secondary N) is 1. The first-order valence-corrected chi connectivity index (χ1v) is 8.03. The van der Waals surface area contributed by atoms with Crippen LogP contribution in [-0.2, 0) is 11.3 Å². The number of aryl methyl sites for hydroxylation is 2. The number of anilines is 1. The Hall–Kier alpha value is -2.63. The van der Waals surface area contributed by atoms with Crippen molar-refractivity contribution in [2.24, 2.45) is 0 Å². The van der Waals surface area contributed by atoms with Gasteiger partial charge >= 0.3 is 5.97 Å². The molecule has 1 heterocycles. The number of carbonyl (C=O) groups excluding carboxylic acids is 1. The summed E-state index contributed by atoms with van der Waals surface area (Å²) in [7, 11) is 0. The monoisotopic (exact) mass is 329 g/mol. The molecule has 0 saturated carbocycles. The molecule has 24 heavy (non-hydrogen) atoms. The summed E-state index contributed by atoms with van der Waals surface area (Å²) in [5.74, 6) is -1.75. The minimum absolute atomic E-state index is 0.229. The van der Waals surface area contributed by atoms with E-state index in [2.05, 4.69) is 17.3 Å². The molecule has 0 radical (unpaired) electrons. The molecule has 2 rings (SSSR count). The van der Waals surface area contributed by atoms with Crippen LogP contribution in [0.3, 0.4) is 0 Å². The fraction of sp³-hybridized carbons (Fsp3) is 0.389. The summed E-state index contributed by atoms with van der Waals surface area (Å²) in [5.41, 5.74) is 3.32. The van der Waals surface area contributed by atoms with Gasteiger partial charge in [0.2, 0.25) is 0 Å². The van der Waals surface area contributed by atoms with Crippen LogP contribution in [0.15, 0.2) is 24.3 Å². The van der Waals surface area contributed by atoms with Gasteiger partial charge in [-0.15, -0.1) is 0 Å². The number of rotatable bonds is 6. The highest BCUT2D eigenvalue weighted by Gasteiger charge is 2.19. The quantitative estimate of drug-likeness (QED) is 0.851. The number of carbonyl (C=O) groups is 2. The summed E-state index contributed by atoms with van der Waals surface area (Å²) >= 11 is 0. The van der Waals surface area contributed by atoms with Crippen molar-refractivity contribution in [1.29, 1.82) is 0 Å². The highest BCUT2D eigenvalue weighted by atomic mass is 16.4. The van der Waals surface area contributed by atoms with Gasteiger partial charge in [-0.1, -0.05) is 19.1 Å². The second kappa shape index (κ2) is 7.29. The van der Waals surface area contributed by atoms with Gasteiger partial charge in [0, 0.05) is 17.9 Å². The molecule has 0 aliphatic rings. The fourth-order valence-electron chi connectivity index (χ4n) is 2.68. The van der Waals surface area contributed by atoms with Crippen LogP contribution >= 0.6 is 0 Å². The van der Waals surface area contributed by atoms with Crippen molar-refractivity contribution in [2.75, 3.05) is 5.32 Å². The predicted molar refractivity (Wildman–Crippen MR) is 92.4 cm³/mol. The van der Waals surface area contributed by atoms with E-state index in [1.165, 1.54) is 0 Å². The summed E-state index contributed by atoms with van der Waals surface area (Å²) in [6.45, 7) is 8.15. The van der Waals surface area contributed by atoms with Crippen molar-refractivity contribution >= 4 is 17.6 Å². The highest BCUT2D eigenvalue weighted by Crippen LogP contribution is 2.21. The lowest BCUT2D eigenvalue weighted by molar-refractivity contribution is -0.138. The largest absolute Gasteiger partial charge is 0.481 e. The maximum Gasteiger partial charge on any atom is 0.310 e. The van der Waals surface area contributed by atoms with Gasteiger partial charge in [-0.2, -0.15) is 5.10 Å². The van der Waals surface area contributed by atoms with E-state index in [-0.39, 0.29) is 5.91 Å². The van der Waals surface area contributed by atoms with Crippen LogP contribution < -0.4 is 5.32 Å². The third-order valence-corrected chi connectivity index (χ3v) is 4.06. The third kappa shape index (κ3) is 3.64. The van der Waals surface area contributed by atoms with Gasteiger partial charge in [-0.25, -0.2) is 0 Å². The van der Waals surface area contributed by atoms with Crippen molar-refractivity contribution in [3.05, 3.63) is 46.8 Å². The SMILES string of the molecule is CCCn1nc(C)c(C(=O)Nc2cccc(C(C)C(=O)O)c2)c1C. The van der Waals surface area contributed by atoms with E-state index in [4.69, 9.17) is 5.11 Å². The van der Waals surface area contributed by atoms with Gasteiger partial charge in [0.25, 0.3) is 5.91 Å². The van der Waals surface area contributed by atoms with E-state index >= 15 is 0 Å². The van der Waals surface area contributed by atoms with Crippen LogP contribution in [0, 0.1) is 13.8 Å². The summed E-state index contributed by atoms with van der Waals surface area (Å²) in [4.78, 5) is 23.7. The first kappa shape index (κ1) is 17.7. The molecule has 0 aliphatic carbocycles. The van der Waals surface area contributed by atoms with E-state index in [9.17, 15) is 9.59 Å². The second-order valence-electron chi connectivity index (χ2n) is 5.91. The standard InChI is InChI=1S/C18H23N3O3/c1-5-9-21-13(4)16(12(3)20-21)17(22)19-15-8-6-7-14(10-15)11(2)18(23)24/h6-8,10-11H,5,9H2,1-4H3,(H,19,22)(H,23,24). The highest BCUT2D eigenvalue weighted by molar-refractivity contribution is 6.05. The number of carboxylic acid groups (broad SMARTS) is 1. The zero-order valence-electron chi connectivity index (χ0n) is 14.5. The number of hydrogen-bond donors (Lipinski definition) is 2. The minimum atomic E-state index is -0.897. The van der Waals surface area contributed by atoms with E-state index < -0.39 is 11.9 Å². The second-order valence-corrected chi connectivity index (χ2v) is 5.91. The van der Waals surface area contributed by atoms with Gasteiger partial charge < -0.3 is 10.4 Å². The molecule has 0 saturated heterocycles. The zero-order valence-corrected chi connectivity index (χ0v) is 14.5. The summed E-state index contributed by atoms with van der Waals surface area (Å²) in [5, 5.41) is 16.4. The molecule has 1 atom stereocenters. The first-order valence-electron chi connectivity index (χ1n) is 8.03. The number of nitrogens with zero attached hydrogens (tertiary/aromatic N) is 2. The van der Waals surface area contributed by atoms with Crippen molar-refractivity contribution in [1.82, 2.24) is 9.78 Å². The molecule has 2 N–H and O–H groups in total. The van der Waals surface area contributed by atoms with Gasteiger partial charge in [-0.3, -0.25) is 14.3 Å². The minimum Gasteiger partial charge on any atom is -0.481 e. The molecular formula is C18H23N3O3. The lowest BCUT2D eigenvalue weighted by Gasteiger charge is -2.10. The summed E-state index contributed by atoms with van der Waals surface area (Å²) in [6.07, 6.45) is 0.943. The Balaban J connectivity index is 2.24. The maximum absolute atomic E-state index is 12.6. The van der Waals surface area contributed by atoms with Crippen LogP contribution in [-0.4, -0.2) is 26.8 Å². The molecule has 0 spiro atoms. The van der Waals surface area contributed by atoms with Gasteiger partial charge in [0.15, 0.2) is 0 Å². The van der Waals surface area contributed by atoms with Crippen molar-refractivity contribution in [3.8, 4) is 0 Å². The molecule has 128 valence electrons. The Morgan fingerprint density at radius 3 is 2.67 bits per heavy atom. The molecule has 6 heteroatoms. The zero-order chi connectivity index (χ0) is 17.9. The number of aromatic nitrogens is 2. The molecule has 1 aromatic carbocycles. The Labute approximate surface area is 141 Å². The third-order valence-electron chi connectivity index (χ3n) is 4.06. The molecule has 0 aliphatic heterocycles. The number of benzene rings is 1. The summed E-state index contributed by atoms with van der Waals surface area (Å²) < 4.78 is 1.84. The molecular weight excluding hydrogens is 306 g/mol. The Morgan fingerprint density at radius 2 is 2.04 bits per heavy atom. The first-order chi connectivity index (χ1) is 11.3. The molecule has 2 aromatic rings. The number of hydrogen-bond acceptors (Lipinski definition) is 3. The Bertz CT molecular complexity index is 765. The van der Waals surface area contributed by atoms with E-state index in [0.29, 0.717) is 22.5 Å². The van der Waals surface area contributed by atoms with Gasteiger partial charge in [0.05, 0.1) is 17.2 Å². The lowest BCUT2D eigenvalue weighted by atomic mass is 10.0. The average molecular weight is 329 g/mol.